The van der Waals surface area contributed by atoms with Crippen LogP contribution in [0.3, 0.4) is 0 Å². The molecule has 0 bridgehead atoms. The van der Waals surface area contributed by atoms with E-state index >= 15 is 0 Å². The molecule has 1 aliphatic rings. The van der Waals surface area contributed by atoms with E-state index in [1.165, 1.54) is 11.9 Å². The van der Waals surface area contributed by atoms with E-state index < -0.39 is 23.6 Å². The number of aromatic nitrogens is 3. The molecule has 0 spiro atoms. The normalized spacial score (nSPS) is 21.0. The van der Waals surface area contributed by atoms with Crippen LogP contribution in [0, 0.1) is 5.41 Å². The third-order valence-electron chi connectivity index (χ3n) is 5.66. The lowest BCUT2D eigenvalue weighted by atomic mass is 9.85. The van der Waals surface area contributed by atoms with Crippen LogP contribution in [-0.2, 0) is 16.1 Å². The van der Waals surface area contributed by atoms with Crippen molar-refractivity contribution in [1.29, 1.82) is 0 Å². The highest BCUT2D eigenvalue weighted by atomic mass is 16.3. The highest BCUT2D eigenvalue weighted by molar-refractivity contribution is 5.90. The monoisotopic (exact) mass is 422 g/mol. The van der Waals surface area contributed by atoms with Gasteiger partial charge in [0.2, 0.25) is 11.8 Å². The van der Waals surface area contributed by atoms with E-state index in [0.717, 1.165) is 5.69 Å². The number of likely N-dealkylation sites (N-methyl/N-ethyl adjacent to an activating group) is 1. The maximum atomic E-state index is 13.6. The molecule has 9 heteroatoms. The second-order valence-electron chi connectivity index (χ2n) is 9.83. The molecular weight excluding hydrogens is 384 g/mol. The Kier molecular flexibility index (Phi) is 7.63. The molecule has 30 heavy (non-hydrogen) atoms. The summed E-state index contributed by atoms with van der Waals surface area (Å²) in [5, 5.41) is 21.3. The minimum atomic E-state index is -0.714. The van der Waals surface area contributed by atoms with Crippen LogP contribution in [-0.4, -0.2) is 79.5 Å². The minimum absolute atomic E-state index is 0.138. The predicted molar refractivity (Wildman–Crippen MR) is 115 cm³/mol. The zero-order valence-electron chi connectivity index (χ0n) is 19.6. The number of nitrogens with one attached hydrogen (secondary N) is 1. The molecule has 1 fully saturated rings. The Bertz CT molecular complexity index is 731. The maximum absolute atomic E-state index is 13.6. The summed E-state index contributed by atoms with van der Waals surface area (Å²) in [4.78, 5) is 29.6. The lowest BCUT2D eigenvalue weighted by Gasteiger charge is -2.34. The molecule has 1 aromatic heterocycles. The van der Waals surface area contributed by atoms with Gasteiger partial charge in [-0.2, -0.15) is 0 Å². The van der Waals surface area contributed by atoms with E-state index in [2.05, 4.69) is 48.2 Å². The predicted octanol–water partition coefficient (Wildman–Crippen LogP) is 1.19. The van der Waals surface area contributed by atoms with Gasteiger partial charge in [-0.15, -0.1) is 5.10 Å². The van der Waals surface area contributed by atoms with Gasteiger partial charge in [0.15, 0.2) is 0 Å². The van der Waals surface area contributed by atoms with Gasteiger partial charge in [0, 0.05) is 38.6 Å². The van der Waals surface area contributed by atoms with Gasteiger partial charge in [0.05, 0.1) is 18.0 Å². The Labute approximate surface area is 179 Å². The first-order valence-electron chi connectivity index (χ1n) is 10.7. The van der Waals surface area contributed by atoms with E-state index in [9.17, 15) is 14.7 Å². The maximum Gasteiger partial charge on any atom is 0.248 e. The van der Waals surface area contributed by atoms with Crippen molar-refractivity contribution in [3.8, 4) is 0 Å². The third-order valence-corrected chi connectivity index (χ3v) is 5.66. The molecule has 170 valence electrons. The van der Waals surface area contributed by atoms with Crippen LogP contribution < -0.4 is 5.32 Å². The topological polar surface area (TPSA) is 104 Å². The largest absolute Gasteiger partial charge is 0.391 e. The van der Waals surface area contributed by atoms with Gasteiger partial charge in [-0.05, 0) is 33.1 Å². The zero-order chi connectivity index (χ0) is 22.8. The quantitative estimate of drug-likeness (QED) is 0.684. The number of hydrogen-bond acceptors (Lipinski definition) is 6. The average Bonchev–Trinajstić information content (AvgIpc) is 3.23. The van der Waals surface area contributed by atoms with Crippen LogP contribution in [0.1, 0.15) is 66.6 Å². The van der Waals surface area contributed by atoms with Gasteiger partial charge in [0.25, 0.3) is 0 Å². The van der Waals surface area contributed by atoms with Gasteiger partial charge in [0.1, 0.15) is 12.1 Å². The number of rotatable bonds is 7. The van der Waals surface area contributed by atoms with E-state index in [1.807, 2.05) is 27.0 Å². The molecule has 2 amide bonds. The Morgan fingerprint density at radius 2 is 1.87 bits per heavy atom. The summed E-state index contributed by atoms with van der Waals surface area (Å²) < 4.78 is 1.61. The van der Waals surface area contributed by atoms with Crippen molar-refractivity contribution in [2.75, 3.05) is 13.6 Å². The number of amides is 2. The smallest absolute Gasteiger partial charge is 0.248 e. The minimum Gasteiger partial charge on any atom is -0.391 e. The molecule has 1 aliphatic heterocycles. The van der Waals surface area contributed by atoms with Crippen molar-refractivity contribution in [3.05, 3.63) is 11.9 Å². The van der Waals surface area contributed by atoms with Gasteiger partial charge in [-0.1, -0.05) is 26.0 Å². The Morgan fingerprint density at radius 1 is 1.27 bits per heavy atom. The number of aliphatic hydroxyl groups is 1. The summed E-state index contributed by atoms with van der Waals surface area (Å²) in [6, 6.07) is -0.602. The molecule has 0 aliphatic carbocycles. The number of aliphatic hydroxyl groups excluding tert-OH is 1. The van der Waals surface area contributed by atoms with Gasteiger partial charge in [-0.25, -0.2) is 4.68 Å². The van der Waals surface area contributed by atoms with Crippen LogP contribution in [0.5, 0.6) is 0 Å². The second kappa shape index (κ2) is 9.43. The number of β-amino-alcohol motifs (C(OH)–C–C–N with tert-alkyl or cyclic N) is 1. The molecule has 0 unspecified atom stereocenters. The molecule has 2 heterocycles. The molecule has 0 aromatic carbocycles. The standard InChI is InChI=1S/C21H38N6O3/c1-13(2)25(14(3)4)10-15-11-27(24-23-15)18(21(5,6)7)20(30)26-12-16(28)9-17(26)19(29)22-8/h11,13-14,16-18,28H,9-10,12H2,1-8H3,(H,22,29)/t16-,17+,18-/m1/s1. The summed E-state index contributed by atoms with van der Waals surface area (Å²) in [5.41, 5.74) is 0.335. The zero-order valence-corrected chi connectivity index (χ0v) is 19.6. The van der Waals surface area contributed by atoms with Crippen molar-refractivity contribution in [2.24, 2.45) is 5.41 Å². The fourth-order valence-corrected chi connectivity index (χ4v) is 4.17. The summed E-state index contributed by atoms with van der Waals surface area (Å²) in [6.07, 6.45) is 1.35. The first-order chi connectivity index (χ1) is 13.9. The number of likely N-dealkylation sites (tertiary alicyclic amines) is 1. The second-order valence-corrected chi connectivity index (χ2v) is 9.83. The summed E-state index contributed by atoms with van der Waals surface area (Å²) >= 11 is 0. The molecule has 3 atom stereocenters. The van der Waals surface area contributed by atoms with Crippen molar-refractivity contribution >= 4 is 11.8 Å². The van der Waals surface area contributed by atoms with Crippen molar-refractivity contribution in [2.45, 2.75) is 91.7 Å². The van der Waals surface area contributed by atoms with Crippen LogP contribution in [0.15, 0.2) is 6.20 Å². The Morgan fingerprint density at radius 3 is 2.37 bits per heavy atom. The average molecular weight is 423 g/mol. The lowest BCUT2D eigenvalue weighted by Crippen LogP contribution is -2.49. The number of carbonyl (C=O) groups is 2. The van der Waals surface area contributed by atoms with E-state index in [4.69, 9.17) is 0 Å². The van der Waals surface area contributed by atoms with E-state index in [0.29, 0.717) is 18.6 Å². The van der Waals surface area contributed by atoms with Crippen molar-refractivity contribution < 1.29 is 14.7 Å². The summed E-state index contributed by atoms with van der Waals surface area (Å²) in [5.74, 6) is -0.495. The first kappa shape index (κ1) is 24.3. The van der Waals surface area contributed by atoms with Gasteiger partial charge < -0.3 is 15.3 Å². The van der Waals surface area contributed by atoms with Crippen LogP contribution in [0.25, 0.3) is 0 Å². The first-order valence-corrected chi connectivity index (χ1v) is 10.7. The molecule has 2 N–H and O–H groups in total. The highest BCUT2D eigenvalue weighted by Crippen LogP contribution is 2.34. The highest BCUT2D eigenvalue weighted by Gasteiger charge is 2.45. The fourth-order valence-electron chi connectivity index (χ4n) is 4.17. The SMILES string of the molecule is CNC(=O)[C@@H]1C[C@@H](O)CN1C(=O)[C@@H](n1cc(CN(C(C)C)C(C)C)nn1)C(C)(C)C. The van der Waals surface area contributed by atoms with Crippen LogP contribution in [0.2, 0.25) is 0 Å². The number of carbonyl (C=O) groups excluding carboxylic acids is 2. The van der Waals surface area contributed by atoms with Gasteiger partial charge in [-0.3, -0.25) is 14.5 Å². The molecule has 2 rings (SSSR count). The molecule has 0 radical (unpaired) electrons. The summed E-state index contributed by atoms with van der Waals surface area (Å²) in [7, 11) is 1.54. The summed E-state index contributed by atoms with van der Waals surface area (Å²) in [6.45, 7) is 15.2. The van der Waals surface area contributed by atoms with E-state index in [1.54, 1.807) is 4.68 Å². The molecular formula is C21H38N6O3. The number of nitrogens with zero attached hydrogens (tertiary/aromatic N) is 5. The molecule has 0 saturated carbocycles. The molecule has 9 nitrogen and oxygen atoms in total. The molecule has 1 saturated heterocycles. The van der Waals surface area contributed by atoms with Crippen molar-refractivity contribution in [3.63, 3.8) is 0 Å². The Balaban J connectivity index is 2.32. The fraction of sp³-hybridized carbons (Fsp3) is 0.810. The number of hydrogen-bond donors (Lipinski definition) is 2. The van der Waals surface area contributed by atoms with Crippen molar-refractivity contribution in [1.82, 2.24) is 30.1 Å². The van der Waals surface area contributed by atoms with Crippen LogP contribution in [0.4, 0.5) is 0 Å². The van der Waals surface area contributed by atoms with Gasteiger partial charge >= 0.3 is 0 Å². The Hall–Kier alpha value is -2.00. The van der Waals surface area contributed by atoms with Crippen LogP contribution >= 0.6 is 0 Å². The molecule has 1 aromatic rings. The third kappa shape index (κ3) is 5.37. The van der Waals surface area contributed by atoms with E-state index in [-0.39, 0.29) is 24.8 Å². The lowest BCUT2D eigenvalue weighted by molar-refractivity contribution is -0.144.